The lowest BCUT2D eigenvalue weighted by Crippen LogP contribution is -2.32. The van der Waals surface area contributed by atoms with Gasteiger partial charge in [-0.05, 0) is 71.2 Å². The molecule has 1 aromatic carbocycles. The van der Waals surface area contributed by atoms with Gasteiger partial charge in [-0.2, -0.15) is 0 Å². The molecule has 0 saturated carbocycles. The van der Waals surface area contributed by atoms with Crippen molar-refractivity contribution in [2.75, 3.05) is 13.2 Å². The van der Waals surface area contributed by atoms with Crippen LogP contribution in [0.3, 0.4) is 0 Å². The summed E-state index contributed by atoms with van der Waals surface area (Å²) in [6, 6.07) is 9.72. The van der Waals surface area contributed by atoms with E-state index < -0.39 is 11.7 Å². The third-order valence-electron chi connectivity index (χ3n) is 5.82. The molecule has 1 unspecified atom stereocenters. The van der Waals surface area contributed by atoms with Gasteiger partial charge in [0, 0.05) is 49.2 Å². The van der Waals surface area contributed by atoms with Gasteiger partial charge < -0.3 is 28.6 Å². The Labute approximate surface area is 223 Å². The summed E-state index contributed by atoms with van der Waals surface area (Å²) in [5.41, 5.74) is 2.08. The molecule has 2 atom stereocenters. The highest BCUT2D eigenvalue weighted by Gasteiger charge is 2.21. The Kier molecular flexibility index (Phi) is 9.21. The number of benzene rings is 1. The van der Waals surface area contributed by atoms with Crippen LogP contribution in [0, 0.1) is 11.8 Å². The van der Waals surface area contributed by atoms with Gasteiger partial charge in [0.1, 0.15) is 23.2 Å². The molecule has 1 aliphatic heterocycles. The van der Waals surface area contributed by atoms with Crippen molar-refractivity contribution < 1.29 is 23.5 Å². The lowest BCUT2D eigenvalue weighted by molar-refractivity contribution is -0.188. The zero-order valence-electron chi connectivity index (χ0n) is 22.5. The first-order valence-electron chi connectivity index (χ1n) is 13.1. The molecular formula is C29H36N4O5. The van der Waals surface area contributed by atoms with Crippen molar-refractivity contribution in [3.8, 4) is 23.2 Å². The number of nitrogens with zero attached hydrogens (tertiary/aromatic N) is 3. The summed E-state index contributed by atoms with van der Waals surface area (Å²) in [6.07, 6.45) is 6.53. The van der Waals surface area contributed by atoms with Crippen molar-refractivity contribution in [3.05, 3.63) is 59.8 Å². The molecule has 3 aromatic rings. The number of carbonyl (C=O) groups excluding carboxylic acids is 1. The maximum atomic E-state index is 11.7. The first kappa shape index (κ1) is 27.4. The average molecular weight is 521 g/mol. The standard InChI is InChI=1S/C29H36N4O5/c1-21(36-26-10-6-8-18-35-26)27-30-16-17-33(27)20-24-19-25(38-32-24)23-13-11-22(12-14-23)9-5-7-15-31-28(34)37-29(2,3)4/h11-14,16-17,19,21,26H,6-8,10,15,18,20H2,1-4H3,(H,31,34)/t21-,26?/m0/s1. The Morgan fingerprint density at radius 3 is 2.82 bits per heavy atom. The van der Waals surface area contributed by atoms with Crippen molar-refractivity contribution >= 4 is 6.09 Å². The van der Waals surface area contributed by atoms with Gasteiger partial charge in [-0.25, -0.2) is 9.78 Å². The summed E-state index contributed by atoms with van der Waals surface area (Å²) in [6.45, 7) is 9.18. The Bertz CT molecular complexity index is 1240. The van der Waals surface area contributed by atoms with E-state index in [4.69, 9.17) is 18.7 Å². The summed E-state index contributed by atoms with van der Waals surface area (Å²) >= 11 is 0. The van der Waals surface area contributed by atoms with Gasteiger partial charge in [-0.3, -0.25) is 0 Å². The zero-order valence-corrected chi connectivity index (χ0v) is 22.5. The molecule has 2 aromatic heterocycles. The Morgan fingerprint density at radius 1 is 1.26 bits per heavy atom. The van der Waals surface area contributed by atoms with E-state index in [2.05, 4.69) is 27.3 Å². The molecule has 3 heterocycles. The van der Waals surface area contributed by atoms with Crippen LogP contribution in [0.4, 0.5) is 4.79 Å². The molecule has 202 valence electrons. The number of hydrogen-bond donors (Lipinski definition) is 1. The highest BCUT2D eigenvalue weighted by molar-refractivity contribution is 5.67. The fraction of sp³-hybridized carbons (Fsp3) is 0.483. The third kappa shape index (κ3) is 8.20. The molecule has 1 fully saturated rings. The Morgan fingerprint density at radius 2 is 2.08 bits per heavy atom. The first-order chi connectivity index (χ1) is 18.3. The van der Waals surface area contributed by atoms with Crippen molar-refractivity contribution in [3.63, 3.8) is 0 Å². The quantitative estimate of drug-likeness (QED) is 0.311. The molecule has 9 nitrogen and oxygen atoms in total. The Balaban J connectivity index is 1.28. The number of hydrogen-bond acceptors (Lipinski definition) is 7. The molecule has 4 rings (SSSR count). The van der Waals surface area contributed by atoms with Gasteiger partial charge >= 0.3 is 6.09 Å². The normalized spacial score (nSPS) is 16.4. The van der Waals surface area contributed by atoms with Crippen molar-refractivity contribution in [1.29, 1.82) is 0 Å². The van der Waals surface area contributed by atoms with Crippen LogP contribution in [0.2, 0.25) is 0 Å². The number of alkyl carbamates (subject to hydrolysis) is 1. The van der Waals surface area contributed by atoms with Gasteiger partial charge in [0.2, 0.25) is 0 Å². The summed E-state index contributed by atoms with van der Waals surface area (Å²) in [5.74, 6) is 7.68. The van der Waals surface area contributed by atoms with E-state index >= 15 is 0 Å². The number of rotatable bonds is 8. The first-order valence-corrected chi connectivity index (χ1v) is 13.1. The molecular weight excluding hydrogens is 484 g/mol. The maximum Gasteiger partial charge on any atom is 0.407 e. The topological polar surface area (TPSA) is 101 Å². The van der Waals surface area contributed by atoms with Crippen molar-refractivity contribution in [2.24, 2.45) is 0 Å². The summed E-state index contributed by atoms with van der Waals surface area (Å²) in [4.78, 5) is 16.2. The number of imidazole rings is 1. The van der Waals surface area contributed by atoms with Crippen LogP contribution < -0.4 is 5.32 Å². The molecule has 9 heteroatoms. The van der Waals surface area contributed by atoms with Gasteiger partial charge in [0.15, 0.2) is 12.1 Å². The minimum absolute atomic E-state index is 0.177. The maximum absolute atomic E-state index is 11.7. The van der Waals surface area contributed by atoms with Crippen LogP contribution in [0.15, 0.2) is 47.2 Å². The van der Waals surface area contributed by atoms with Crippen LogP contribution in [0.5, 0.6) is 0 Å². The fourth-order valence-corrected chi connectivity index (χ4v) is 4.04. The number of carbonyl (C=O) groups is 1. The largest absolute Gasteiger partial charge is 0.444 e. The second-order valence-corrected chi connectivity index (χ2v) is 10.2. The smallest absolute Gasteiger partial charge is 0.407 e. The van der Waals surface area contributed by atoms with E-state index in [-0.39, 0.29) is 12.4 Å². The number of nitrogens with one attached hydrogen (secondary N) is 1. The van der Waals surface area contributed by atoms with E-state index in [1.807, 2.05) is 68.8 Å². The number of amides is 1. The van der Waals surface area contributed by atoms with Gasteiger partial charge in [0.25, 0.3) is 0 Å². The predicted octanol–water partition coefficient (Wildman–Crippen LogP) is 5.46. The van der Waals surface area contributed by atoms with E-state index in [0.717, 1.165) is 48.5 Å². The molecule has 0 radical (unpaired) electrons. The predicted molar refractivity (Wildman–Crippen MR) is 142 cm³/mol. The molecule has 1 aliphatic rings. The summed E-state index contributed by atoms with van der Waals surface area (Å²) in [5, 5.41) is 6.95. The van der Waals surface area contributed by atoms with Crippen LogP contribution in [-0.4, -0.2) is 45.8 Å². The lowest BCUT2D eigenvalue weighted by atomic mass is 10.1. The molecule has 0 spiro atoms. The molecule has 0 aliphatic carbocycles. The fourth-order valence-electron chi connectivity index (χ4n) is 4.04. The minimum atomic E-state index is -0.512. The molecule has 38 heavy (non-hydrogen) atoms. The molecule has 1 amide bonds. The zero-order chi connectivity index (χ0) is 27.0. The highest BCUT2D eigenvalue weighted by Crippen LogP contribution is 2.25. The molecule has 1 N–H and O–H groups in total. The van der Waals surface area contributed by atoms with Gasteiger partial charge in [-0.1, -0.05) is 17.0 Å². The van der Waals surface area contributed by atoms with Crippen LogP contribution >= 0.6 is 0 Å². The lowest BCUT2D eigenvalue weighted by Gasteiger charge is -2.26. The van der Waals surface area contributed by atoms with E-state index in [9.17, 15) is 4.79 Å². The monoisotopic (exact) mass is 520 g/mol. The second-order valence-electron chi connectivity index (χ2n) is 10.2. The van der Waals surface area contributed by atoms with Crippen LogP contribution in [0.25, 0.3) is 11.3 Å². The summed E-state index contributed by atoms with van der Waals surface area (Å²) < 4.78 is 24.6. The van der Waals surface area contributed by atoms with E-state index in [1.54, 1.807) is 6.20 Å². The summed E-state index contributed by atoms with van der Waals surface area (Å²) in [7, 11) is 0. The molecule has 1 saturated heterocycles. The minimum Gasteiger partial charge on any atom is -0.444 e. The molecule has 0 bridgehead atoms. The number of ether oxygens (including phenoxy) is 3. The Hall–Kier alpha value is -3.61. The second kappa shape index (κ2) is 12.8. The SMILES string of the molecule is C[C@H](OC1CCCCO1)c1nccn1Cc1cc(-c2ccc(C#CCCNC(=O)OC(C)(C)C)cc2)on1. The van der Waals surface area contributed by atoms with Crippen molar-refractivity contribution in [1.82, 2.24) is 20.0 Å². The highest BCUT2D eigenvalue weighted by atomic mass is 16.7. The number of aromatic nitrogens is 3. The van der Waals surface area contributed by atoms with Crippen LogP contribution in [-0.2, 0) is 20.8 Å². The van der Waals surface area contributed by atoms with Crippen LogP contribution in [0.1, 0.15) is 76.6 Å². The van der Waals surface area contributed by atoms with Crippen molar-refractivity contribution in [2.45, 2.75) is 77.9 Å². The van der Waals surface area contributed by atoms with Gasteiger partial charge in [0.05, 0.1) is 6.54 Å². The average Bonchev–Trinajstić information content (AvgIpc) is 3.54. The van der Waals surface area contributed by atoms with E-state index in [0.29, 0.717) is 25.3 Å². The van der Waals surface area contributed by atoms with Gasteiger partial charge in [-0.15, -0.1) is 0 Å². The third-order valence-corrected chi connectivity index (χ3v) is 5.82. The van der Waals surface area contributed by atoms with E-state index in [1.165, 1.54) is 0 Å².